The Kier molecular flexibility index (Phi) is 5.11. The summed E-state index contributed by atoms with van der Waals surface area (Å²) in [6.45, 7) is 0.624. The lowest BCUT2D eigenvalue weighted by Crippen LogP contribution is -2.22. The number of hydrogen-bond acceptors (Lipinski definition) is 2. The van der Waals surface area contributed by atoms with Crippen LogP contribution in [0.15, 0.2) is 96.0 Å². The van der Waals surface area contributed by atoms with Crippen molar-refractivity contribution in [2.45, 2.75) is 18.9 Å². The summed E-state index contributed by atoms with van der Waals surface area (Å²) in [5.74, 6) is 2.16. The molecule has 129 valence electrons. The third-order valence-corrected chi connectivity index (χ3v) is 4.69. The molecule has 1 atom stereocenters. The third-order valence-electron chi connectivity index (χ3n) is 4.69. The Morgan fingerprint density at radius 3 is 1.77 bits per heavy atom. The van der Waals surface area contributed by atoms with Crippen LogP contribution in [0.5, 0.6) is 0 Å². The fourth-order valence-corrected chi connectivity index (χ4v) is 3.34. The number of benzene rings is 3. The van der Waals surface area contributed by atoms with Gasteiger partial charge in [-0.15, -0.1) is 0 Å². The summed E-state index contributed by atoms with van der Waals surface area (Å²) in [5, 5.41) is 0. The molecular weight excluding hydrogens is 318 g/mol. The molecular formula is C24H22NO. The molecule has 0 aromatic heterocycles. The van der Waals surface area contributed by atoms with Crippen molar-refractivity contribution in [3.8, 4) is 0 Å². The Balaban J connectivity index is 1.57. The van der Waals surface area contributed by atoms with Crippen LogP contribution in [0, 0.1) is 5.92 Å². The van der Waals surface area contributed by atoms with Crippen molar-refractivity contribution in [3.05, 3.63) is 114 Å². The Bertz CT molecular complexity index is 802. The smallest absolute Gasteiger partial charge is 0.216 e. The van der Waals surface area contributed by atoms with Gasteiger partial charge < -0.3 is 4.74 Å². The van der Waals surface area contributed by atoms with Gasteiger partial charge in [-0.3, -0.25) is 0 Å². The lowest BCUT2D eigenvalue weighted by Gasteiger charge is -2.20. The van der Waals surface area contributed by atoms with Gasteiger partial charge in [-0.25, -0.2) is 4.99 Å². The number of aliphatic imine (C=N–C) groups is 1. The molecule has 0 fully saturated rings. The quantitative estimate of drug-likeness (QED) is 0.626. The first-order chi connectivity index (χ1) is 12.9. The van der Waals surface area contributed by atoms with Gasteiger partial charge in [0.05, 0.1) is 6.04 Å². The van der Waals surface area contributed by atoms with Crippen LogP contribution < -0.4 is 0 Å². The maximum absolute atomic E-state index is 5.94. The predicted octanol–water partition coefficient (Wildman–Crippen LogP) is 4.89. The van der Waals surface area contributed by atoms with Gasteiger partial charge in [-0.2, -0.15) is 0 Å². The van der Waals surface area contributed by atoms with Crippen molar-refractivity contribution >= 4 is 5.90 Å². The molecule has 3 aromatic carbocycles. The lowest BCUT2D eigenvalue weighted by molar-refractivity contribution is 0.317. The highest BCUT2D eigenvalue weighted by atomic mass is 16.5. The molecule has 26 heavy (non-hydrogen) atoms. The minimum Gasteiger partial charge on any atom is -0.475 e. The standard InChI is InChI=1S/C24H22NO/c1-4-10-19(11-5-1)16-22(17-20-12-6-2-7-13-20)23-18-26-24(25-23)21-14-8-3-9-15-21/h1-15,23H,16-18H2/t23-/m1/s1. The largest absolute Gasteiger partial charge is 0.475 e. The van der Waals surface area contributed by atoms with Gasteiger partial charge in [-0.1, -0.05) is 78.9 Å². The van der Waals surface area contributed by atoms with Crippen LogP contribution in [-0.4, -0.2) is 18.5 Å². The van der Waals surface area contributed by atoms with Crippen molar-refractivity contribution in [1.29, 1.82) is 0 Å². The Morgan fingerprint density at radius 1 is 0.731 bits per heavy atom. The molecule has 2 nitrogen and oxygen atoms in total. The second kappa shape index (κ2) is 8.01. The van der Waals surface area contributed by atoms with E-state index in [1.165, 1.54) is 17.0 Å². The van der Waals surface area contributed by atoms with Crippen LogP contribution in [0.2, 0.25) is 0 Å². The minimum absolute atomic E-state index is 0.102. The van der Waals surface area contributed by atoms with Crippen molar-refractivity contribution < 1.29 is 4.74 Å². The fraction of sp³-hybridized carbons (Fsp3) is 0.167. The SMILES string of the molecule is c1ccc(C[C](Cc2ccccc2)[C@H]2COC(c3ccccc3)=N2)cc1. The van der Waals surface area contributed by atoms with Crippen LogP contribution in [0.3, 0.4) is 0 Å². The highest BCUT2D eigenvalue weighted by Crippen LogP contribution is 2.26. The molecule has 0 bridgehead atoms. The topological polar surface area (TPSA) is 21.6 Å². The number of rotatable bonds is 6. The van der Waals surface area contributed by atoms with Gasteiger partial charge in [0.25, 0.3) is 0 Å². The average molecular weight is 340 g/mol. The highest BCUT2D eigenvalue weighted by molar-refractivity contribution is 5.95. The minimum atomic E-state index is 0.102. The third kappa shape index (κ3) is 4.02. The molecule has 0 unspecified atom stereocenters. The van der Waals surface area contributed by atoms with E-state index in [0.29, 0.717) is 6.61 Å². The molecule has 3 aromatic rings. The highest BCUT2D eigenvalue weighted by Gasteiger charge is 2.29. The Morgan fingerprint density at radius 2 is 1.23 bits per heavy atom. The lowest BCUT2D eigenvalue weighted by atomic mass is 9.87. The second-order valence-corrected chi connectivity index (χ2v) is 6.61. The van der Waals surface area contributed by atoms with Crippen molar-refractivity contribution in [2.24, 2.45) is 4.99 Å². The number of nitrogens with zero attached hydrogens (tertiary/aromatic N) is 1. The normalized spacial score (nSPS) is 16.3. The molecule has 1 heterocycles. The van der Waals surface area contributed by atoms with E-state index in [2.05, 4.69) is 72.8 Å². The maximum atomic E-state index is 5.94. The Hall–Kier alpha value is -2.87. The van der Waals surface area contributed by atoms with E-state index in [1.807, 2.05) is 18.2 Å². The van der Waals surface area contributed by atoms with Gasteiger partial charge in [0, 0.05) is 11.5 Å². The molecule has 4 rings (SSSR count). The molecule has 0 aliphatic carbocycles. The first-order valence-corrected chi connectivity index (χ1v) is 9.07. The molecule has 1 aliphatic rings. The number of ether oxygens (including phenoxy) is 1. The first kappa shape index (κ1) is 16.6. The average Bonchev–Trinajstić information content (AvgIpc) is 3.20. The molecule has 0 saturated carbocycles. The van der Waals surface area contributed by atoms with E-state index in [0.717, 1.165) is 24.3 Å². The summed E-state index contributed by atoms with van der Waals surface area (Å²) in [7, 11) is 0. The maximum Gasteiger partial charge on any atom is 0.216 e. The zero-order valence-electron chi connectivity index (χ0n) is 14.7. The zero-order valence-corrected chi connectivity index (χ0v) is 14.7. The van der Waals surface area contributed by atoms with E-state index in [1.54, 1.807) is 0 Å². The molecule has 1 aliphatic heterocycles. The van der Waals surface area contributed by atoms with E-state index in [-0.39, 0.29) is 6.04 Å². The monoisotopic (exact) mass is 340 g/mol. The molecule has 0 spiro atoms. The summed E-state index contributed by atoms with van der Waals surface area (Å²) >= 11 is 0. The van der Waals surface area contributed by atoms with Gasteiger partial charge in [0.15, 0.2) is 0 Å². The van der Waals surface area contributed by atoms with Gasteiger partial charge in [-0.05, 0) is 36.1 Å². The molecule has 2 heteroatoms. The van der Waals surface area contributed by atoms with E-state index in [9.17, 15) is 0 Å². The summed E-state index contributed by atoms with van der Waals surface area (Å²) in [6.07, 6.45) is 1.85. The van der Waals surface area contributed by atoms with E-state index < -0.39 is 0 Å². The van der Waals surface area contributed by atoms with Crippen LogP contribution in [0.25, 0.3) is 0 Å². The van der Waals surface area contributed by atoms with Crippen LogP contribution in [0.4, 0.5) is 0 Å². The molecule has 0 saturated heterocycles. The van der Waals surface area contributed by atoms with E-state index in [4.69, 9.17) is 9.73 Å². The first-order valence-electron chi connectivity index (χ1n) is 9.07. The summed E-state index contributed by atoms with van der Waals surface area (Å²) in [5.41, 5.74) is 3.69. The fourth-order valence-electron chi connectivity index (χ4n) is 3.34. The number of hydrogen-bond donors (Lipinski definition) is 0. The van der Waals surface area contributed by atoms with Gasteiger partial charge >= 0.3 is 0 Å². The van der Waals surface area contributed by atoms with Crippen LogP contribution >= 0.6 is 0 Å². The molecule has 0 amide bonds. The van der Waals surface area contributed by atoms with Crippen LogP contribution in [0.1, 0.15) is 16.7 Å². The van der Waals surface area contributed by atoms with Gasteiger partial charge in [0.1, 0.15) is 6.61 Å². The summed E-state index contributed by atoms with van der Waals surface area (Å²) in [6, 6.07) is 31.5. The Labute approximate surface area is 155 Å². The molecule has 0 N–H and O–H groups in total. The van der Waals surface area contributed by atoms with Crippen LogP contribution in [-0.2, 0) is 17.6 Å². The summed E-state index contributed by atoms with van der Waals surface area (Å²) < 4.78 is 5.94. The summed E-state index contributed by atoms with van der Waals surface area (Å²) in [4.78, 5) is 4.91. The zero-order chi connectivity index (χ0) is 17.6. The van der Waals surface area contributed by atoms with Gasteiger partial charge in [0.2, 0.25) is 5.90 Å². The van der Waals surface area contributed by atoms with Crippen molar-refractivity contribution in [3.63, 3.8) is 0 Å². The van der Waals surface area contributed by atoms with E-state index >= 15 is 0 Å². The second-order valence-electron chi connectivity index (χ2n) is 6.61. The van der Waals surface area contributed by atoms with Crippen molar-refractivity contribution in [2.75, 3.05) is 6.61 Å². The van der Waals surface area contributed by atoms with Crippen molar-refractivity contribution in [1.82, 2.24) is 0 Å². The predicted molar refractivity (Wildman–Crippen MR) is 106 cm³/mol. The molecule has 1 radical (unpaired) electrons.